The van der Waals surface area contributed by atoms with E-state index in [1.165, 1.54) is 12.1 Å². The summed E-state index contributed by atoms with van der Waals surface area (Å²) in [5.41, 5.74) is 0.304. The molecule has 1 aliphatic rings. The van der Waals surface area contributed by atoms with Crippen LogP contribution in [0.2, 0.25) is 0 Å². The normalized spacial score (nSPS) is 17.2. The molecule has 0 unspecified atom stereocenters. The summed E-state index contributed by atoms with van der Waals surface area (Å²) >= 11 is 0. The first-order valence-electron chi connectivity index (χ1n) is 12.4. The number of anilines is 1. The summed E-state index contributed by atoms with van der Waals surface area (Å²) in [4.78, 5) is 27.9. The molecule has 3 aromatic rings. The average Bonchev–Trinajstić information content (AvgIpc) is 2.82. The molecule has 1 amide bonds. The minimum atomic E-state index is -2.90. The van der Waals surface area contributed by atoms with Gasteiger partial charge in [-0.05, 0) is 53.5 Å². The molecule has 198 valence electrons. The van der Waals surface area contributed by atoms with Crippen LogP contribution in [0.1, 0.15) is 81.6 Å². The lowest BCUT2D eigenvalue weighted by Gasteiger charge is -2.34. The van der Waals surface area contributed by atoms with Crippen molar-refractivity contribution in [2.45, 2.75) is 71.4 Å². The predicted molar refractivity (Wildman–Crippen MR) is 135 cm³/mol. The molecular formula is C27H32F3N5O2. The van der Waals surface area contributed by atoms with Crippen LogP contribution >= 0.6 is 0 Å². The van der Waals surface area contributed by atoms with Crippen molar-refractivity contribution in [1.82, 2.24) is 19.9 Å². The third-order valence-electron chi connectivity index (χ3n) is 6.32. The standard InChI is InChI=1S/C27H32F3N5O2/c1-15(18-9-6-10-19(23(18)28)24(29)30)32-25-20-12-21(31-13-22(20)33-16(2)34-25)17-8-7-11-35(14-17)26(36)37-27(3,4)5/h6,9-10,12-13,15,17,24H,7-8,11,14H2,1-5H3,(H,32,33,34)/t15-,17-/m1/s1. The minimum Gasteiger partial charge on any atom is -0.444 e. The van der Waals surface area contributed by atoms with Gasteiger partial charge in [-0.1, -0.05) is 18.2 Å². The topological polar surface area (TPSA) is 80.2 Å². The highest BCUT2D eigenvalue weighted by Crippen LogP contribution is 2.33. The first-order valence-corrected chi connectivity index (χ1v) is 12.4. The second-order valence-corrected chi connectivity index (χ2v) is 10.4. The number of rotatable bonds is 5. The number of pyridine rings is 1. The molecule has 1 aliphatic heterocycles. The lowest BCUT2D eigenvalue weighted by molar-refractivity contribution is 0.0197. The van der Waals surface area contributed by atoms with Crippen LogP contribution in [0.4, 0.5) is 23.8 Å². The molecule has 4 rings (SSSR count). The number of halogens is 3. The fraction of sp³-hybridized carbons (Fsp3) is 0.481. The van der Waals surface area contributed by atoms with Gasteiger partial charge >= 0.3 is 6.09 Å². The molecule has 10 heteroatoms. The molecule has 37 heavy (non-hydrogen) atoms. The quantitative estimate of drug-likeness (QED) is 0.407. The number of hydrogen-bond acceptors (Lipinski definition) is 6. The largest absolute Gasteiger partial charge is 0.444 e. The maximum Gasteiger partial charge on any atom is 0.410 e. The van der Waals surface area contributed by atoms with E-state index in [4.69, 9.17) is 4.74 Å². The number of alkyl halides is 2. The van der Waals surface area contributed by atoms with Gasteiger partial charge in [0, 0.05) is 35.7 Å². The number of carbonyl (C=O) groups excluding carboxylic acids is 1. The van der Waals surface area contributed by atoms with E-state index in [2.05, 4.69) is 20.3 Å². The van der Waals surface area contributed by atoms with Crippen molar-refractivity contribution in [3.05, 3.63) is 58.9 Å². The number of nitrogens with zero attached hydrogens (tertiary/aromatic N) is 4. The van der Waals surface area contributed by atoms with E-state index in [0.717, 1.165) is 24.6 Å². The van der Waals surface area contributed by atoms with Gasteiger partial charge in [0.05, 0.1) is 23.3 Å². The number of hydrogen-bond donors (Lipinski definition) is 1. The minimum absolute atomic E-state index is 0.00240. The average molecular weight is 516 g/mol. The van der Waals surface area contributed by atoms with E-state index >= 15 is 0 Å². The Morgan fingerprint density at radius 1 is 1.22 bits per heavy atom. The van der Waals surface area contributed by atoms with Crippen molar-refractivity contribution < 1.29 is 22.7 Å². The van der Waals surface area contributed by atoms with Gasteiger partial charge in [0.2, 0.25) is 0 Å². The maximum absolute atomic E-state index is 14.8. The Kier molecular flexibility index (Phi) is 7.57. The van der Waals surface area contributed by atoms with Crippen molar-refractivity contribution in [2.75, 3.05) is 18.4 Å². The Morgan fingerprint density at radius 2 is 1.95 bits per heavy atom. The summed E-state index contributed by atoms with van der Waals surface area (Å²) < 4.78 is 46.8. The van der Waals surface area contributed by atoms with Gasteiger partial charge in [0.15, 0.2) is 0 Å². The lowest BCUT2D eigenvalue weighted by atomic mass is 9.94. The van der Waals surface area contributed by atoms with Gasteiger partial charge in [-0.2, -0.15) is 0 Å². The third-order valence-corrected chi connectivity index (χ3v) is 6.32. The van der Waals surface area contributed by atoms with Crippen molar-refractivity contribution in [3.63, 3.8) is 0 Å². The maximum atomic E-state index is 14.8. The molecule has 2 atom stereocenters. The molecule has 0 radical (unpaired) electrons. The smallest absolute Gasteiger partial charge is 0.410 e. The Morgan fingerprint density at radius 3 is 2.65 bits per heavy atom. The number of piperidine rings is 1. The number of carbonyl (C=O) groups is 1. The van der Waals surface area contributed by atoms with Crippen LogP contribution in [0, 0.1) is 12.7 Å². The van der Waals surface area contributed by atoms with Crippen molar-refractivity contribution in [1.29, 1.82) is 0 Å². The summed E-state index contributed by atoms with van der Waals surface area (Å²) in [6.07, 6.45) is 0.0880. The van der Waals surface area contributed by atoms with Gasteiger partial charge < -0.3 is 15.0 Å². The van der Waals surface area contributed by atoms with Gasteiger partial charge in [-0.3, -0.25) is 4.98 Å². The summed E-state index contributed by atoms with van der Waals surface area (Å²) in [5.74, 6) is 0.0180. The first-order chi connectivity index (χ1) is 17.4. The van der Waals surface area contributed by atoms with Crippen LogP contribution in [0.3, 0.4) is 0 Å². The predicted octanol–water partition coefficient (Wildman–Crippen LogP) is 6.70. The molecule has 1 aromatic carbocycles. The molecule has 1 N–H and O–H groups in total. The number of aryl methyl sites for hydroxylation is 1. The Labute approximate surface area is 214 Å². The van der Waals surface area contributed by atoms with Gasteiger partial charge in [-0.25, -0.2) is 27.9 Å². The number of likely N-dealkylation sites (tertiary alicyclic amines) is 1. The highest BCUT2D eigenvalue weighted by atomic mass is 19.3. The molecule has 1 saturated heterocycles. The Hall–Kier alpha value is -3.43. The van der Waals surface area contributed by atoms with E-state index in [1.54, 1.807) is 24.9 Å². The van der Waals surface area contributed by atoms with Crippen molar-refractivity contribution in [2.24, 2.45) is 0 Å². The van der Waals surface area contributed by atoms with Crippen LogP contribution in [0.5, 0.6) is 0 Å². The number of ether oxygens (including phenoxy) is 1. The molecule has 3 heterocycles. The van der Waals surface area contributed by atoms with E-state index in [9.17, 15) is 18.0 Å². The number of fused-ring (bicyclic) bond motifs is 1. The zero-order chi connectivity index (χ0) is 26.9. The second-order valence-electron chi connectivity index (χ2n) is 10.4. The van der Waals surface area contributed by atoms with Crippen LogP contribution < -0.4 is 5.32 Å². The SMILES string of the molecule is Cc1nc(N[C@H](C)c2cccc(C(F)F)c2F)c2cc([C@@H]3CCCN(C(=O)OC(C)(C)C)C3)ncc2n1. The molecule has 0 aliphatic carbocycles. The van der Waals surface area contributed by atoms with E-state index in [-0.39, 0.29) is 17.6 Å². The number of nitrogens with one attached hydrogen (secondary N) is 1. The summed E-state index contributed by atoms with van der Waals surface area (Å²) in [7, 11) is 0. The fourth-order valence-electron chi connectivity index (χ4n) is 4.56. The molecule has 7 nitrogen and oxygen atoms in total. The Bertz CT molecular complexity index is 1300. The van der Waals surface area contributed by atoms with E-state index in [1.807, 2.05) is 26.8 Å². The molecular weight excluding hydrogens is 483 g/mol. The number of aromatic nitrogens is 3. The van der Waals surface area contributed by atoms with Crippen molar-refractivity contribution >= 4 is 22.8 Å². The highest BCUT2D eigenvalue weighted by Gasteiger charge is 2.29. The molecule has 0 bridgehead atoms. The monoisotopic (exact) mass is 515 g/mol. The molecule has 1 fully saturated rings. The second kappa shape index (κ2) is 10.5. The van der Waals surface area contributed by atoms with Crippen molar-refractivity contribution in [3.8, 4) is 0 Å². The van der Waals surface area contributed by atoms with Gasteiger partial charge in [0.1, 0.15) is 23.1 Å². The number of benzene rings is 1. The van der Waals surface area contributed by atoms with Gasteiger partial charge in [0.25, 0.3) is 6.43 Å². The van der Waals surface area contributed by atoms with E-state index in [0.29, 0.717) is 35.6 Å². The van der Waals surface area contributed by atoms with Gasteiger partial charge in [-0.15, -0.1) is 0 Å². The molecule has 2 aromatic heterocycles. The molecule has 0 saturated carbocycles. The third kappa shape index (κ3) is 6.11. The summed E-state index contributed by atoms with van der Waals surface area (Å²) in [5, 5.41) is 3.87. The van der Waals surface area contributed by atoms with Crippen LogP contribution in [-0.2, 0) is 4.74 Å². The Balaban J connectivity index is 1.62. The summed E-state index contributed by atoms with van der Waals surface area (Å²) in [6, 6.07) is 5.24. The lowest BCUT2D eigenvalue weighted by Crippen LogP contribution is -2.42. The van der Waals surface area contributed by atoms with Crippen LogP contribution in [0.15, 0.2) is 30.5 Å². The summed E-state index contributed by atoms with van der Waals surface area (Å²) in [6.45, 7) is 10.0. The van der Waals surface area contributed by atoms with Crippen LogP contribution in [-0.4, -0.2) is 44.6 Å². The van der Waals surface area contributed by atoms with E-state index < -0.39 is 29.4 Å². The first kappa shape index (κ1) is 26.6. The number of amides is 1. The zero-order valence-corrected chi connectivity index (χ0v) is 21.7. The molecule has 0 spiro atoms. The van der Waals surface area contributed by atoms with Crippen LogP contribution in [0.25, 0.3) is 10.9 Å². The highest BCUT2D eigenvalue weighted by molar-refractivity contribution is 5.89. The zero-order valence-electron chi connectivity index (χ0n) is 21.7. The fourth-order valence-corrected chi connectivity index (χ4v) is 4.56.